The fourth-order valence-electron chi connectivity index (χ4n) is 1.74. The van der Waals surface area contributed by atoms with E-state index in [1.807, 2.05) is 24.4 Å². The molecule has 0 unspecified atom stereocenters. The van der Waals surface area contributed by atoms with Gasteiger partial charge in [0.15, 0.2) is 0 Å². The van der Waals surface area contributed by atoms with Gasteiger partial charge in [0.25, 0.3) is 0 Å². The number of methoxy groups -OCH3 is 1. The summed E-state index contributed by atoms with van der Waals surface area (Å²) in [6.45, 7) is 2.70. The first kappa shape index (κ1) is 12.8. The minimum absolute atomic E-state index is 0.582. The van der Waals surface area contributed by atoms with Crippen LogP contribution >= 0.6 is 0 Å². The lowest BCUT2D eigenvalue weighted by atomic mass is 10.2. The monoisotopic (exact) mass is 246 g/mol. The van der Waals surface area contributed by atoms with E-state index in [-0.39, 0.29) is 0 Å². The molecular weight excluding hydrogens is 228 g/mol. The van der Waals surface area contributed by atoms with Gasteiger partial charge in [-0.1, -0.05) is 30.3 Å². The van der Waals surface area contributed by atoms with Crippen LogP contribution in [0.3, 0.4) is 0 Å². The number of benzene rings is 1. The summed E-state index contributed by atoms with van der Waals surface area (Å²) < 4.78 is 12.8. The lowest BCUT2D eigenvalue weighted by Crippen LogP contribution is -2.08. The van der Waals surface area contributed by atoms with Gasteiger partial charge in [0, 0.05) is 13.7 Å². The van der Waals surface area contributed by atoms with Crippen molar-refractivity contribution in [2.24, 2.45) is 0 Å². The Bertz CT molecular complexity index is 454. The fraction of sp³-hybridized carbons (Fsp3) is 0.357. The quantitative estimate of drug-likeness (QED) is 0.703. The number of rotatable bonds is 7. The standard InChI is InChI=1S/C14H18N2O2/c1-17-11-14-9-15-12-16(14)7-8-18-10-13-5-3-2-4-6-13/h2-6,9,12H,7-8,10-11H2,1H3. The van der Waals surface area contributed by atoms with E-state index in [2.05, 4.69) is 21.7 Å². The minimum atomic E-state index is 0.582. The summed E-state index contributed by atoms with van der Waals surface area (Å²) in [5.41, 5.74) is 2.26. The van der Waals surface area contributed by atoms with Crippen molar-refractivity contribution in [3.05, 3.63) is 54.1 Å². The topological polar surface area (TPSA) is 36.3 Å². The third kappa shape index (κ3) is 3.68. The Hall–Kier alpha value is -1.65. The predicted molar refractivity (Wildman–Crippen MR) is 69.0 cm³/mol. The molecule has 0 N–H and O–H groups in total. The molecule has 0 spiro atoms. The number of imidazole rings is 1. The van der Waals surface area contributed by atoms with Crippen LogP contribution in [0.2, 0.25) is 0 Å². The molecule has 0 atom stereocenters. The van der Waals surface area contributed by atoms with E-state index in [0.29, 0.717) is 19.8 Å². The van der Waals surface area contributed by atoms with E-state index < -0.39 is 0 Å². The Labute approximate surface area is 107 Å². The van der Waals surface area contributed by atoms with Crippen molar-refractivity contribution >= 4 is 0 Å². The smallest absolute Gasteiger partial charge is 0.0949 e. The molecule has 0 fully saturated rings. The lowest BCUT2D eigenvalue weighted by molar-refractivity contribution is 0.110. The van der Waals surface area contributed by atoms with Gasteiger partial charge in [-0.05, 0) is 5.56 Å². The molecule has 2 rings (SSSR count). The van der Waals surface area contributed by atoms with Gasteiger partial charge in [0.2, 0.25) is 0 Å². The maximum Gasteiger partial charge on any atom is 0.0949 e. The Kier molecular flexibility index (Phi) is 4.93. The van der Waals surface area contributed by atoms with E-state index in [1.165, 1.54) is 5.56 Å². The molecule has 1 heterocycles. The lowest BCUT2D eigenvalue weighted by Gasteiger charge is -2.08. The molecule has 0 aliphatic heterocycles. The van der Waals surface area contributed by atoms with Crippen molar-refractivity contribution < 1.29 is 9.47 Å². The highest BCUT2D eigenvalue weighted by molar-refractivity contribution is 5.13. The maximum atomic E-state index is 5.64. The second-order valence-electron chi connectivity index (χ2n) is 4.05. The maximum absolute atomic E-state index is 5.64. The summed E-state index contributed by atoms with van der Waals surface area (Å²) in [6, 6.07) is 10.2. The predicted octanol–water partition coefficient (Wildman–Crippen LogP) is 2.25. The second kappa shape index (κ2) is 6.93. The molecule has 2 aromatic rings. The van der Waals surface area contributed by atoms with Gasteiger partial charge in [-0.25, -0.2) is 4.98 Å². The molecule has 4 nitrogen and oxygen atoms in total. The average molecular weight is 246 g/mol. The summed E-state index contributed by atoms with van der Waals surface area (Å²) in [7, 11) is 1.68. The molecule has 0 aliphatic rings. The molecule has 0 aliphatic carbocycles. The molecular formula is C14H18N2O2. The van der Waals surface area contributed by atoms with Crippen molar-refractivity contribution in [3.8, 4) is 0 Å². The normalized spacial score (nSPS) is 10.7. The summed E-state index contributed by atoms with van der Waals surface area (Å²) in [5.74, 6) is 0. The molecule has 4 heteroatoms. The van der Waals surface area contributed by atoms with Crippen LogP contribution in [0.5, 0.6) is 0 Å². The number of hydrogen-bond acceptors (Lipinski definition) is 3. The Morgan fingerprint density at radius 2 is 2.00 bits per heavy atom. The van der Waals surface area contributed by atoms with Gasteiger partial charge in [-0.3, -0.25) is 0 Å². The summed E-state index contributed by atoms with van der Waals surface area (Å²) in [6.07, 6.45) is 3.63. The van der Waals surface area contributed by atoms with Crippen molar-refractivity contribution in [2.75, 3.05) is 13.7 Å². The van der Waals surface area contributed by atoms with Crippen LogP contribution in [-0.2, 0) is 29.2 Å². The van der Waals surface area contributed by atoms with Crippen molar-refractivity contribution in [1.29, 1.82) is 0 Å². The summed E-state index contributed by atoms with van der Waals surface area (Å²) >= 11 is 0. The van der Waals surface area contributed by atoms with Crippen LogP contribution in [0, 0.1) is 0 Å². The molecule has 0 amide bonds. The third-order valence-electron chi connectivity index (χ3n) is 2.68. The first-order valence-corrected chi connectivity index (χ1v) is 6.00. The Balaban J connectivity index is 1.73. The van der Waals surface area contributed by atoms with Crippen LogP contribution in [0.25, 0.3) is 0 Å². The Morgan fingerprint density at radius 1 is 1.17 bits per heavy atom. The zero-order chi connectivity index (χ0) is 12.6. The van der Waals surface area contributed by atoms with Crippen LogP contribution in [-0.4, -0.2) is 23.3 Å². The zero-order valence-corrected chi connectivity index (χ0v) is 10.6. The van der Waals surface area contributed by atoms with E-state index in [0.717, 1.165) is 12.2 Å². The van der Waals surface area contributed by atoms with Crippen LogP contribution in [0.4, 0.5) is 0 Å². The van der Waals surface area contributed by atoms with Gasteiger partial charge in [-0.2, -0.15) is 0 Å². The SMILES string of the molecule is COCc1cncn1CCOCc1ccccc1. The zero-order valence-electron chi connectivity index (χ0n) is 10.6. The molecule has 96 valence electrons. The minimum Gasteiger partial charge on any atom is -0.378 e. The molecule has 0 saturated carbocycles. The molecule has 0 bridgehead atoms. The van der Waals surface area contributed by atoms with Crippen molar-refractivity contribution in [2.45, 2.75) is 19.8 Å². The van der Waals surface area contributed by atoms with Crippen LogP contribution in [0.1, 0.15) is 11.3 Å². The highest BCUT2D eigenvalue weighted by Crippen LogP contribution is 2.03. The highest BCUT2D eigenvalue weighted by atomic mass is 16.5. The number of hydrogen-bond donors (Lipinski definition) is 0. The first-order valence-electron chi connectivity index (χ1n) is 6.00. The van der Waals surface area contributed by atoms with Gasteiger partial charge in [-0.15, -0.1) is 0 Å². The highest BCUT2D eigenvalue weighted by Gasteiger charge is 2.01. The largest absolute Gasteiger partial charge is 0.378 e. The first-order chi connectivity index (χ1) is 8.90. The van der Waals surface area contributed by atoms with Crippen molar-refractivity contribution in [1.82, 2.24) is 9.55 Å². The molecule has 0 radical (unpaired) electrons. The number of ether oxygens (including phenoxy) is 2. The van der Waals surface area contributed by atoms with Crippen molar-refractivity contribution in [3.63, 3.8) is 0 Å². The average Bonchev–Trinajstić information content (AvgIpc) is 2.84. The van der Waals surface area contributed by atoms with Gasteiger partial charge < -0.3 is 14.0 Å². The number of nitrogens with zero attached hydrogens (tertiary/aromatic N) is 2. The fourth-order valence-corrected chi connectivity index (χ4v) is 1.74. The van der Waals surface area contributed by atoms with Crippen LogP contribution in [0.15, 0.2) is 42.9 Å². The van der Waals surface area contributed by atoms with E-state index in [4.69, 9.17) is 9.47 Å². The second-order valence-corrected chi connectivity index (χ2v) is 4.05. The van der Waals surface area contributed by atoms with E-state index >= 15 is 0 Å². The van der Waals surface area contributed by atoms with E-state index in [9.17, 15) is 0 Å². The van der Waals surface area contributed by atoms with Crippen LogP contribution < -0.4 is 0 Å². The third-order valence-corrected chi connectivity index (χ3v) is 2.68. The molecule has 1 aromatic heterocycles. The number of aromatic nitrogens is 2. The van der Waals surface area contributed by atoms with Gasteiger partial charge in [0.1, 0.15) is 0 Å². The molecule has 1 aromatic carbocycles. The van der Waals surface area contributed by atoms with E-state index in [1.54, 1.807) is 13.4 Å². The summed E-state index contributed by atoms with van der Waals surface area (Å²) in [5, 5.41) is 0. The summed E-state index contributed by atoms with van der Waals surface area (Å²) in [4.78, 5) is 4.11. The van der Waals surface area contributed by atoms with Gasteiger partial charge >= 0.3 is 0 Å². The molecule has 18 heavy (non-hydrogen) atoms. The molecule has 0 saturated heterocycles. The van der Waals surface area contributed by atoms with Gasteiger partial charge in [0.05, 0.1) is 38.0 Å². The Morgan fingerprint density at radius 3 is 2.78 bits per heavy atom.